The number of nitro benzene ring substituents is 2. The van der Waals surface area contributed by atoms with E-state index >= 15 is 0 Å². The molecule has 0 saturated carbocycles. The molecule has 0 unspecified atom stereocenters. The highest BCUT2D eigenvalue weighted by Gasteiger charge is 2.23. The topological polar surface area (TPSA) is 117 Å². The molecule has 0 bridgehead atoms. The lowest BCUT2D eigenvalue weighted by atomic mass is 10.1. The van der Waals surface area contributed by atoms with Crippen molar-refractivity contribution in [2.45, 2.75) is 13.8 Å². The molecule has 0 radical (unpaired) electrons. The largest absolute Gasteiger partial charge is 0.493 e. The van der Waals surface area contributed by atoms with E-state index in [1.54, 1.807) is 18.3 Å². The van der Waals surface area contributed by atoms with Crippen molar-refractivity contribution in [2.75, 3.05) is 7.11 Å². The van der Waals surface area contributed by atoms with Crippen molar-refractivity contribution in [3.63, 3.8) is 0 Å². The molecule has 164 valence electrons. The zero-order valence-electron chi connectivity index (χ0n) is 17.4. The lowest BCUT2D eigenvalue weighted by Gasteiger charge is -2.13. The highest BCUT2D eigenvalue weighted by molar-refractivity contribution is 9.10. The molecule has 0 heterocycles. The number of benzene rings is 3. The Morgan fingerprint density at radius 3 is 2.41 bits per heavy atom. The number of aryl methyl sites for hydroxylation is 1. The number of rotatable bonds is 7. The zero-order valence-corrected chi connectivity index (χ0v) is 19.0. The maximum absolute atomic E-state index is 11.4. The van der Waals surface area contributed by atoms with Crippen molar-refractivity contribution in [1.82, 2.24) is 0 Å². The van der Waals surface area contributed by atoms with Crippen molar-refractivity contribution in [1.29, 1.82) is 0 Å². The second-order valence-electron chi connectivity index (χ2n) is 6.78. The minimum Gasteiger partial charge on any atom is -0.493 e. The van der Waals surface area contributed by atoms with Crippen LogP contribution in [-0.2, 0) is 0 Å². The Labute approximate surface area is 191 Å². The average Bonchev–Trinajstić information content (AvgIpc) is 2.76. The summed E-state index contributed by atoms with van der Waals surface area (Å²) < 4.78 is 11.6. The molecule has 0 aliphatic heterocycles. The number of ether oxygens (including phenoxy) is 2. The summed E-state index contributed by atoms with van der Waals surface area (Å²) in [5.74, 6) is 0.333. The molecular weight excluding hydrogens is 482 g/mol. The molecule has 10 heteroatoms. The van der Waals surface area contributed by atoms with Crippen LogP contribution in [0.5, 0.6) is 17.2 Å². The number of non-ortho nitro benzene ring substituents is 1. The Morgan fingerprint density at radius 1 is 1.00 bits per heavy atom. The number of methoxy groups -OCH3 is 1. The fourth-order valence-electron chi connectivity index (χ4n) is 2.89. The zero-order chi connectivity index (χ0) is 23.4. The van der Waals surface area contributed by atoms with Gasteiger partial charge in [-0.15, -0.1) is 0 Å². The summed E-state index contributed by atoms with van der Waals surface area (Å²) >= 11 is 3.40. The Balaban J connectivity index is 1.97. The number of hydrogen-bond donors (Lipinski definition) is 0. The Kier molecular flexibility index (Phi) is 6.84. The van der Waals surface area contributed by atoms with Crippen molar-refractivity contribution in [2.24, 2.45) is 4.99 Å². The first kappa shape index (κ1) is 22.9. The molecule has 32 heavy (non-hydrogen) atoms. The SMILES string of the molecule is COc1cc(C=Nc2cccc(C)c2C)cc(Br)c1Oc1ccc([N+](=O)[O-])cc1[N+](=O)[O-]. The van der Waals surface area contributed by atoms with Gasteiger partial charge < -0.3 is 9.47 Å². The molecule has 9 nitrogen and oxygen atoms in total. The monoisotopic (exact) mass is 499 g/mol. The molecular formula is C22H18BrN3O6. The Hall–Kier alpha value is -3.79. The van der Waals surface area contributed by atoms with Crippen LogP contribution in [-0.4, -0.2) is 23.2 Å². The summed E-state index contributed by atoms with van der Waals surface area (Å²) in [5, 5.41) is 22.3. The standard InChI is InChI=1S/C22H18BrN3O6/c1-13-5-4-6-18(14(13)2)24-12-15-9-17(23)22(21(10-15)31-3)32-20-8-7-16(25(27)28)11-19(20)26(29)30/h4-12H,1-3H3. The van der Waals surface area contributed by atoms with Crippen LogP contribution in [0.25, 0.3) is 0 Å². The van der Waals surface area contributed by atoms with Gasteiger partial charge in [0.1, 0.15) is 0 Å². The minimum atomic E-state index is -0.742. The van der Waals surface area contributed by atoms with Gasteiger partial charge in [-0.05, 0) is 70.7 Å². The highest BCUT2D eigenvalue weighted by Crippen LogP contribution is 2.42. The molecule has 0 atom stereocenters. The average molecular weight is 500 g/mol. The van der Waals surface area contributed by atoms with Gasteiger partial charge in [-0.2, -0.15) is 0 Å². The van der Waals surface area contributed by atoms with Crippen molar-refractivity contribution in [3.05, 3.63) is 89.9 Å². The molecule has 0 aromatic heterocycles. The maximum atomic E-state index is 11.4. The summed E-state index contributed by atoms with van der Waals surface area (Å²) in [6, 6.07) is 12.4. The van der Waals surface area contributed by atoms with Gasteiger partial charge >= 0.3 is 5.69 Å². The van der Waals surface area contributed by atoms with Gasteiger partial charge in [0.25, 0.3) is 5.69 Å². The van der Waals surface area contributed by atoms with E-state index in [2.05, 4.69) is 20.9 Å². The molecule has 0 aliphatic rings. The summed E-state index contributed by atoms with van der Waals surface area (Å²) in [7, 11) is 1.44. The normalized spacial score (nSPS) is 10.9. The van der Waals surface area contributed by atoms with Crippen LogP contribution in [0.4, 0.5) is 17.1 Å². The summed E-state index contributed by atoms with van der Waals surface area (Å²) in [5.41, 5.74) is 2.80. The van der Waals surface area contributed by atoms with Crippen LogP contribution in [0.2, 0.25) is 0 Å². The molecule has 0 saturated heterocycles. The van der Waals surface area contributed by atoms with E-state index in [4.69, 9.17) is 9.47 Å². The molecule has 3 rings (SSSR count). The Bertz CT molecular complexity index is 1240. The fourth-order valence-corrected chi connectivity index (χ4v) is 3.43. The van der Waals surface area contributed by atoms with Gasteiger partial charge in [0, 0.05) is 12.3 Å². The predicted molar refractivity (Wildman–Crippen MR) is 124 cm³/mol. The van der Waals surface area contributed by atoms with Crippen LogP contribution in [0.3, 0.4) is 0 Å². The lowest BCUT2D eigenvalue weighted by molar-refractivity contribution is -0.394. The van der Waals surface area contributed by atoms with Crippen LogP contribution in [0.15, 0.2) is 58.0 Å². The predicted octanol–water partition coefficient (Wildman–Crippen LogP) is 6.43. The van der Waals surface area contributed by atoms with Crippen molar-refractivity contribution >= 4 is 39.2 Å². The minimum absolute atomic E-state index is 0.156. The third kappa shape index (κ3) is 4.92. The van der Waals surface area contributed by atoms with E-state index in [0.717, 1.165) is 28.9 Å². The number of nitro groups is 2. The van der Waals surface area contributed by atoms with Crippen LogP contribution >= 0.6 is 15.9 Å². The van der Waals surface area contributed by atoms with Gasteiger partial charge in [0.2, 0.25) is 5.75 Å². The second kappa shape index (κ2) is 9.56. The third-order valence-corrected chi connectivity index (χ3v) is 5.33. The van der Waals surface area contributed by atoms with Gasteiger partial charge in [-0.1, -0.05) is 12.1 Å². The van der Waals surface area contributed by atoms with E-state index in [1.807, 2.05) is 32.0 Å². The maximum Gasteiger partial charge on any atom is 0.318 e. The first-order valence-electron chi connectivity index (χ1n) is 9.29. The molecule has 0 amide bonds. The van der Waals surface area contributed by atoms with Gasteiger partial charge in [-0.3, -0.25) is 25.2 Å². The summed E-state index contributed by atoms with van der Waals surface area (Å²) in [4.78, 5) is 25.4. The van der Waals surface area contributed by atoms with E-state index in [-0.39, 0.29) is 11.5 Å². The summed E-state index contributed by atoms with van der Waals surface area (Å²) in [6.45, 7) is 4.00. The van der Waals surface area contributed by atoms with Gasteiger partial charge in [-0.25, -0.2) is 0 Å². The molecule has 0 N–H and O–H groups in total. The van der Waals surface area contributed by atoms with Crippen LogP contribution < -0.4 is 9.47 Å². The van der Waals surface area contributed by atoms with Crippen LogP contribution in [0.1, 0.15) is 16.7 Å². The van der Waals surface area contributed by atoms with Gasteiger partial charge in [0.15, 0.2) is 11.5 Å². The van der Waals surface area contributed by atoms with E-state index < -0.39 is 21.2 Å². The third-order valence-electron chi connectivity index (χ3n) is 4.74. The van der Waals surface area contributed by atoms with Crippen LogP contribution in [0, 0.1) is 34.1 Å². The number of aliphatic imine (C=N–C) groups is 1. The number of nitrogens with zero attached hydrogens (tertiary/aromatic N) is 3. The Morgan fingerprint density at radius 2 is 1.75 bits per heavy atom. The van der Waals surface area contributed by atoms with E-state index in [0.29, 0.717) is 15.8 Å². The van der Waals surface area contributed by atoms with E-state index in [1.165, 1.54) is 13.2 Å². The molecule has 3 aromatic carbocycles. The number of halogens is 1. The number of hydrogen-bond acceptors (Lipinski definition) is 7. The first-order valence-corrected chi connectivity index (χ1v) is 10.1. The second-order valence-corrected chi connectivity index (χ2v) is 7.63. The first-order chi connectivity index (χ1) is 15.2. The van der Waals surface area contributed by atoms with E-state index in [9.17, 15) is 20.2 Å². The molecule has 0 spiro atoms. The quantitative estimate of drug-likeness (QED) is 0.210. The van der Waals surface area contributed by atoms with Crippen molar-refractivity contribution in [3.8, 4) is 17.2 Å². The lowest BCUT2D eigenvalue weighted by Crippen LogP contribution is -1.98. The summed E-state index contributed by atoms with van der Waals surface area (Å²) in [6.07, 6.45) is 1.67. The molecule has 0 aliphatic carbocycles. The fraction of sp³-hybridized carbons (Fsp3) is 0.136. The highest BCUT2D eigenvalue weighted by atomic mass is 79.9. The molecule has 3 aromatic rings. The van der Waals surface area contributed by atoms with Crippen molar-refractivity contribution < 1.29 is 19.3 Å². The smallest absolute Gasteiger partial charge is 0.318 e. The van der Waals surface area contributed by atoms with Gasteiger partial charge in [0.05, 0.1) is 33.2 Å². The molecule has 0 fully saturated rings.